The Morgan fingerprint density at radius 3 is 2.97 bits per heavy atom. The standard InChI is InChI=1S/C18H15ClF2N4O3S/c1-9-15(16-22-2-3-25(16)17(20)21)29-18(23-9)24-13(26)8-10-6-11(19)14-12(7-10)27-4-5-28-14/h2-3,6-7,17H,4-5,8H2,1H3,(H,23,24,26). The van der Waals surface area contributed by atoms with Gasteiger partial charge >= 0.3 is 6.55 Å². The molecule has 1 amide bonds. The molecular formula is C18H15ClF2N4O3S. The minimum atomic E-state index is -2.72. The first-order valence-corrected chi connectivity index (χ1v) is 9.78. The molecule has 4 rings (SSSR count). The molecule has 1 aromatic carbocycles. The van der Waals surface area contributed by atoms with Crippen molar-refractivity contribution in [2.75, 3.05) is 18.5 Å². The summed E-state index contributed by atoms with van der Waals surface area (Å²) in [5.74, 6) is 0.749. The maximum atomic E-state index is 13.1. The van der Waals surface area contributed by atoms with Crippen molar-refractivity contribution in [3.8, 4) is 22.2 Å². The molecule has 7 nitrogen and oxygen atoms in total. The molecular weight excluding hydrogens is 426 g/mol. The summed E-state index contributed by atoms with van der Waals surface area (Å²) < 4.78 is 37.9. The molecule has 0 bridgehead atoms. The summed E-state index contributed by atoms with van der Waals surface area (Å²) in [6.45, 7) is -0.213. The van der Waals surface area contributed by atoms with Gasteiger partial charge in [-0.05, 0) is 24.6 Å². The van der Waals surface area contributed by atoms with Crippen molar-refractivity contribution in [3.63, 3.8) is 0 Å². The molecule has 0 atom stereocenters. The van der Waals surface area contributed by atoms with E-state index in [2.05, 4.69) is 15.3 Å². The number of nitrogens with one attached hydrogen (secondary N) is 1. The smallest absolute Gasteiger partial charge is 0.320 e. The first kappa shape index (κ1) is 19.6. The lowest BCUT2D eigenvalue weighted by atomic mass is 10.1. The van der Waals surface area contributed by atoms with Crippen molar-refractivity contribution in [3.05, 3.63) is 40.8 Å². The van der Waals surface area contributed by atoms with Crippen LogP contribution in [0.25, 0.3) is 10.7 Å². The van der Waals surface area contributed by atoms with Gasteiger partial charge in [0, 0.05) is 12.4 Å². The Morgan fingerprint density at radius 1 is 1.38 bits per heavy atom. The monoisotopic (exact) mass is 440 g/mol. The fourth-order valence-corrected chi connectivity index (χ4v) is 4.19. The highest BCUT2D eigenvalue weighted by Gasteiger charge is 2.21. The lowest BCUT2D eigenvalue weighted by molar-refractivity contribution is -0.115. The Balaban J connectivity index is 1.50. The number of rotatable bonds is 5. The highest BCUT2D eigenvalue weighted by atomic mass is 35.5. The van der Waals surface area contributed by atoms with E-state index in [9.17, 15) is 13.6 Å². The zero-order valence-electron chi connectivity index (χ0n) is 15.1. The molecule has 1 N–H and O–H groups in total. The van der Waals surface area contributed by atoms with Crippen molar-refractivity contribution in [1.29, 1.82) is 0 Å². The summed E-state index contributed by atoms with van der Waals surface area (Å²) in [6, 6.07) is 3.35. The molecule has 1 aliphatic heterocycles. The van der Waals surface area contributed by atoms with Gasteiger partial charge in [0.05, 0.1) is 22.0 Å². The van der Waals surface area contributed by atoms with Crippen LogP contribution in [0.2, 0.25) is 5.02 Å². The Hall–Kier alpha value is -2.72. The molecule has 0 saturated carbocycles. The van der Waals surface area contributed by atoms with Gasteiger partial charge in [0.1, 0.15) is 13.2 Å². The maximum absolute atomic E-state index is 13.1. The number of amides is 1. The van der Waals surface area contributed by atoms with Gasteiger partial charge in [0.15, 0.2) is 22.5 Å². The highest BCUT2D eigenvalue weighted by molar-refractivity contribution is 7.19. The molecule has 3 heterocycles. The van der Waals surface area contributed by atoms with Crippen molar-refractivity contribution >= 4 is 34.0 Å². The van der Waals surface area contributed by atoms with Gasteiger partial charge in [-0.2, -0.15) is 8.78 Å². The number of aryl methyl sites for hydroxylation is 1. The first-order valence-electron chi connectivity index (χ1n) is 8.59. The molecule has 0 unspecified atom stereocenters. The van der Waals surface area contributed by atoms with E-state index < -0.39 is 6.55 Å². The quantitative estimate of drug-likeness (QED) is 0.639. The fourth-order valence-electron chi connectivity index (χ4n) is 2.92. The Labute approximate surface area is 173 Å². The summed E-state index contributed by atoms with van der Waals surface area (Å²) in [5, 5.41) is 3.36. The van der Waals surface area contributed by atoms with E-state index in [0.717, 1.165) is 15.9 Å². The minimum Gasteiger partial charge on any atom is -0.486 e. The van der Waals surface area contributed by atoms with Gasteiger partial charge in [0.25, 0.3) is 0 Å². The molecule has 11 heteroatoms. The van der Waals surface area contributed by atoms with Gasteiger partial charge in [-0.25, -0.2) is 9.97 Å². The first-order chi connectivity index (χ1) is 13.9. The predicted molar refractivity (Wildman–Crippen MR) is 104 cm³/mol. The fraction of sp³-hybridized carbons (Fsp3) is 0.278. The number of alkyl halides is 2. The lowest BCUT2D eigenvalue weighted by Gasteiger charge is -2.20. The number of thiazole rings is 1. The number of halogens is 3. The van der Waals surface area contributed by atoms with Gasteiger partial charge in [-0.1, -0.05) is 22.9 Å². The second-order valence-electron chi connectivity index (χ2n) is 6.20. The number of nitrogens with zero attached hydrogens (tertiary/aromatic N) is 3. The SMILES string of the molecule is Cc1nc(NC(=O)Cc2cc(Cl)c3c(c2)OCCO3)sc1-c1nccn1C(F)F. The largest absolute Gasteiger partial charge is 0.486 e. The number of hydrogen-bond acceptors (Lipinski definition) is 6. The summed E-state index contributed by atoms with van der Waals surface area (Å²) in [4.78, 5) is 21.1. The van der Waals surface area contributed by atoms with E-state index in [1.165, 1.54) is 12.4 Å². The van der Waals surface area contributed by atoms with Crippen LogP contribution < -0.4 is 14.8 Å². The maximum Gasteiger partial charge on any atom is 0.320 e. The Morgan fingerprint density at radius 2 is 2.17 bits per heavy atom. The number of aromatic nitrogens is 3. The average Bonchev–Trinajstić information content (AvgIpc) is 3.28. The van der Waals surface area contributed by atoms with Crippen LogP contribution in [0.3, 0.4) is 0 Å². The van der Waals surface area contributed by atoms with Crippen LogP contribution in [0.5, 0.6) is 11.5 Å². The van der Waals surface area contributed by atoms with Crippen LogP contribution >= 0.6 is 22.9 Å². The summed E-state index contributed by atoms with van der Waals surface area (Å²) in [5.41, 5.74) is 1.15. The van der Waals surface area contributed by atoms with Crippen molar-refractivity contribution in [1.82, 2.24) is 14.5 Å². The summed E-state index contributed by atoms with van der Waals surface area (Å²) in [7, 11) is 0. The molecule has 0 aliphatic carbocycles. The number of carbonyl (C=O) groups is 1. The minimum absolute atomic E-state index is 0.0377. The van der Waals surface area contributed by atoms with Crippen molar-refractivity contribution < 1.29 is 23.0 Å². The number of benzene rings is 1. The third-order valence-electron chi connectivity index (χ3n) is 4.15. The number of fused-ring (bicyclic) bond motifs is 1. The zero-order valence-corrected chi connectivity index (χ0v) is 16.7. The van der Waals surface area contributed by atoms with Crippen LogP contribution in [-0.2, 0) is 11.2 Å². The third-order valence-corrected chi connectivity index (χ3v) is 5.50. The van der Waals surface area contributed by atoms with Crippen LogP contribution in [0.4, 0.5) is 13.9 Å². The number of hydrogen-bond donors (Lipinski definition) is 1. The summed E-state index contributed by atoms with van der Waals surface area (Å²) >= 11 is 7.28. The molecule has 1 aliphatic rings. The van der Waals surface area contributed by atoms with Crippen LogP contribution in [0.1, 0.15) is 17.8 Å². The summed E-state index contributed by atoms with van der Waals surface area (Å²) in [6.07, 6.45) is 2.53. The van der Waals surface area contributed by atoms with Crippen LogP contribution in [-0.4, -0.2) is 33.7 Å². The topological polar surface area (TPSA) is 78.3 Å². The van der Waals surface area contributed by atoms with Gasteiger partial charge in [-0.3, -0.25) is 9.36 Å². The number of ether oxygens (including phenoxy) is 2. The van der Waals surface area contributed by atoms with E-state index in [1.807, 2.05) is 0 Å². The van der Waals surface area contributed by atoms with E-state index in [0.29, 0.717) is 51.0 Å². The second-order valence-corrected chi connectivity index (χ2v) is 7.60. The van der Waals surface area contributed by atoms with E-state index in [-0.39, 0.29) is 18.2 Å². The van der Waals surface area contributed by atoms with Crippen LogP contribution in [0.15, 0.2) is 24.5 Å². The van der Waals surface area contributed by atoms with E-state index in [4.69, 9.17) is 21.1 Å². The molecule has 0 saturated heterocycles. The molecule has 29 heavy (non-hydrogen) atoms. The Kier molecular flexibility index (Phi) is 5.37. The van der Waals surface area contributed by atoms with E-state index >= 15 is 0 Å². The van der Waals surface area contributed by atoms with Gasteiger partial charge < -0.3 is 14.8 Å². The molecule has 152 valence electrons. The number of imidazole rings is 1. The number of anilines is 1. The average molecular weight is 441 g/mol. The van der Waals surface area contributed by atoms with Crippen molar-refractivity contribution in [2.24, 2.45) is 0 Å². The normalized spacial score (nSPS) is 13.0. The molecule has 0 spiro atoms. The van der Waals surface area contributed by atoms with Gasteiger partial charge in [0.2, 0.25) is 5.91 Å². The molecule has 2 aromatic heterocycles. The van der Waals surface area contributed by atoms with Crippen LogP contribution in [0, 0.1) is 6.92 Å². The second kappa shape index (κ2) is 7.96. The highest BCUT2D eigenvalue weighted by Crippen LogP contribution is 2.38. The predicted octanol–water partition coefficient (Wildman–Crippen LogP) is 4.32. The van der Waals surface area contributed by atoms with Crippen molar-refractivity contribution in [2.45, 2.75) is 19.9 Å². The third kappa shape index (κ3) is 4.03. The van der Waals surface area contributed by atoms with Gasteiger partial charge in [-0.15, -0.1) is 0 Å². The lowest BCUT2D eigenvalue weighted by Crippen LogP contribution is -2.17. The zero-order chi connectivity index (χ0) is 20.5. The molecule has 0 fully saturated rings. The Bertz CT molecular complexity index is 1070. The number of carbonyl (C=O) groups excluding carboxylic acids is 1. The molecule has 3 aromatic rings. The van der Waals surface area contributed by atoms with E-state index in [1.54, 1.807) is 19.1 Å². The molecule has 0 radical (unpaired) electrons.